The molecule has 0 atom stereocenters. The van der Waals surface area contributed by atoms with Gasteiger partial charge in [0.05, 0.1) is 11.9 Å². The Morgan fingerprint density at radius 3 is 2.42 bits per heavy atom. The first kappa shape index (κ1) is 22.3. The largest absolute Gasteiger partial charge is 0.488 e. The highest BCUT2D eigenvalue weighted by molar-refractivity contribution is 7.92. The molecule has 0 bridgehead atoms. The quantitative estimate of drug-likeness (QED) is 0.559. The highest BCUT2D eigenvalue weighted by Crippen LogP contribution is 2.26. The van der Waals surface area contributed by atoms with Gasteiger partial charge in [-0.3, -0.25) is 14.5 Å². The van der Waals surface area contributed by atoms with E-state index >= 15 is 0 Å². The summed E-state index contributed by atoms with van der Waals surface area (Å²) in [6.45, 7) is 4.38. The van der Waals surface area contributed by atoms with Crippen molar-refractivity contribution >= 4 is 21.6 Å². The van der Waals surface area contributed by atoms with Crippen LogP contribution in [0.15, 0.2) is 60.9 Å². The Bertz CT molecular complexity index is 1160. The number of aryl methyl sites for hydroxylation is 2. The number of amides is 1. The molecular formula is C23H25N3O4S. The number of rotatable bonds is 8. The van der Waals surface area contributed by atoms with E-state index in [-0.39, 0.29) is 12.5 Å². The molecule has 8 heteroatoms. The van der Waals surface area contributed by atoms with Crippen molar-refractivity contribution < 1.29 is 17.9 Å². The molecule has 2 N–H and O–H groups in total. The van der Waals surface area contributed by atoms with E-state index in [1.165, 1.54) is 0 Å². The lowest BCUT2D eigenvalue weighted by atomic mass is 10.0. The maximum absolute atomic E-state index is 12.7. The lowest BCUT2D eigenvalue weighted by Gasteiger charge is -2.15. The van der Waals surface area contributed by atoms with Gasteiger partial charge >= 0.3 is 0 Å². The summed E-state index contributed by atoms with van der Waals surface area (Å²) >= 11 is 0. The molecule has 0 aliphatic carbocycles. The summed E-state index contributed by atoms with van der Waals surface area (Å²) in [5.74, 6) is 0.488. The van der Waals surface area contributed by atoms with Gasteiger partial charge in [-0.25, -0.2) is 8.42 Å². The Kier molecular flexibility index (Phi) is 6.91. The SMILES string of the molecule is Cc1cc(C(=O)NCc2ccccc2NS(C)(=O)=O)cc(C)c1OCc1cccnc1. The normalized spacial score (nSPS) is 11.1. The number of carbonyl (C=O) groups is 1. The van der Waals surface area contributed by atoms with Crippen molar-refractivity contribution in [1.82, 2.24) is 10.3 Å². The van der Waals surface area contributed by atoms with Gasteiger partial charge in [0.2, 0.25) is 10.0 Å². The Morgan fingerprint density at radius 1 is 1.06 bits per heavy atom. The highest BCUT2D eigenvalue weighted by Gasteiger charge is 2.13. The third kappa shape index (κ3) is 6.29. The van der Waals surface area contributed by atoms with Crippen LogP contribution in [0.4, 0.5) is 5.69 Å². The Morgan fingerprint density at radius 2 is 1.77 bits per heavy atom. The molecule has 0 aliphatic rings. The molecular weight excluding hydrogens is 414 g/mol. The molecule has 0 aliphatic heterocycles. The lowest BCUT2D eigenvalue weighted by Crippen LogP contribution is -2.24. The van der Waals surface area contributed by atoms with Crippen molar-refractivity contribution in [2.75, 3.05) is 11.0 Å². The summed E-state index contributed by atoms with van der Waals surface area (Å²) in [6.07, 6.45) is 4.55. The molecule has 1 heterocycles. The van der Waals surface area contributed by atoms with Crippen LogP contribution < -0.4 is 14.8 Å². The molecule has 0 radical (unpaired) electrons. The molecule has 0 spiro atoms. The minimum Gasteiger partial charge on any atom is -0.488 e. The summed E-state index contributed by atoms with van der Waals surface area (Å²) in [4.78, 5) is 16.8. The van der Waals surface area contributed by atoms with Gasteiger partial charge < -0.3 is 10.1 Å². The van der Waals surface area contributed by atoms with Crippen LogP contribution in [0, 0.1) is 13.8 Å². The number of sulfonamides is 1. The number of aromatic nitrogens is 1. The molecule has 2 aromatic carbocycles. The number of hydrogen-bond donors (Lipinski definition) is 2. The Balaban J connectivity index is 1.69. The van der Waals surface area contributed by atoms with Gasteiger partial charge in [0.15, 0.2) is 0 Å². The number of para-hydroxylation sites is 1. The molecule has 0 unspecified atom stereocenters. The first-order chi connectivity index (χ1) is 14.7. The first-order valence-corrected chi connectivity index (χ1v) is 11.6. The molecule has 31 heavy (non-hydrogen) atoms. The van der Waals surface area contributed by atoms with Gasteiger partial charge in [-0.15, -0.1) is 0 Å². The second kappa shape index (κ2) is 9.61. The van der Waals surface area contributed by atoms with Crippen molar-refractivity contribution in [2.24, 2.45) is 0 Å². The third-order valence-corrected chi connectivity index (χ3v) is 5.17. The summed E-state index contributed by atoms with van der Waals surface area (Å²) in [5.41, 5.74) is 4.30. The summed E-state index contributed by atoms with van der Waals surface area (Å²) in [6, 6.07) is 14.3. The van der Waals surface area contributed by atoms with Crippen LogP contribution in [-0.2, 0) is 23.2 Å². The number of anilines is 1. The molecule has 7 nitrogen and oxygen atoms in total. The zero-order chi connectivity index (χ0) is 22.4. The van der Waals surface area contributed by atoms with Crippen LogP contribution in [0.2, 0.25) is 0 Å². The zero-order valence-electron chi connectivity index (χ0n) is 17.7. The standard InChI is InChI=1S/C23H25N3O4S/c1-16-11-20(12-17(2)22(16)30-15-18-7-6-10-24-13-18)23(27)25-14-19-8-4-5-9-21(19)26-31(3,28)29/h4-13,26H,14-15H2,1-3H3,(H,25,27). The van der Waals surface area contributed by atoms with E-state index in [0.717, 1.165) is 28.7 Å². The fourth-order valence-electron chi connectivity index (χ4n) is 3.20. The lowest BCUT2D eigenvalue weighted by molar-refractivity contribution is 0.0950. The van der Waals surface area contributed by atoms with Gasteiger partial charge in [0.1, 0.15) is 12.4 Å². The zero-order valence-corrected chi connectivity index (χ0v) is 18.5. The van der Waals surface area contributed by atoms with Crippen molar-refractivity contribution in [1.29, 1.82) is 0 Å². The number of benzene rings is 2. The van der Waals surface area contributed by atoms with Crippen molar-refractivity contribution in [3.05, 3.63) is 88.7 Å². The van der Waals surface area contributed by atoms with Crippen LogP contribution in [0.25, 0.3) is 0 Å². The number of carbonyl (C=O) groups excluding carboxylic acids is 1. The molecule has 1 amide bonds. The molecule has 0 saturated carbocycles. The maximum Gasteiger partial charge on any atom is 0.251 e. The fraction of sp³-hybridized carbons (Fsp3) is 0.217. The Labute approximate surface area is 182 Å². The van der Waals surface area contributed by atoms with E-state index in [2.05, 4.69) is 15.0 Å². The smallest absolute Gasteiger partial charge is 0.251 e. The van der Waals surface area contributed by atoms with E-state index < -0.39 is 10.0 Å². The molecule has 3 aromatic rings. The molecule has 162 valence electrons. The van der Waals surface area contributed by atoms with Crippen molar-refractivity contribution in [2.45, 2.75) is 27.0 Å². The van der Waals surface area contributed by atoms with Crippen molar-refractivity contribution in [3.8, 4) is 5.75 Å². The molecule has 1 aromatic heterocycles. The van der Waals surface area contributed by atoms with Gasteiger partial charge in [0, 0.05) is 30.1 Å². The number of ether oxygens (including phenoxy) is 1. The predicted molar refractivity (Wildman–Crippen MR) is 121 cm³/mol. The molecule has 0 saturated heterocycles. The summed E-state index contributed by atoms with van der Waals surface area (Å²) in [5, 5.41) is 2.85. The fourth-order valence-corrected chi connectivity index (χ4v) is 3.80. The van der Waals surface area contributed by atoms with Crippen molar-refractivity contribution in [3.63, 3.8) is 0 Å². The van der Waals surface area contributed by atoms with Crippen LogP contribution in [0.1, 0.15) is 32.6 Å². The van der Waals surface area contributed by atoms with E-state index in [9.17, 15) is 13.2 Å². The van der Waals surface area contributed by atoms with Gasteiger partial charge in [0.25, 0.3) is 5.91 Å². The van der Waals surface area contributed by atoms with Crippen LogP contribution >= 0.6 is 0 Å². The van der Waals surface area contributed by atoms with Gasteiger partial charge in [-0.2, -0.15) is 0 Å². The second-order valence-corrected chi connectivity index (χ2v) is 9.05. The average molecular weight is 440 g/mol. The molecule has 3 rings (SSSR count). The maximum atomic E-state index is 12.7. The van der Waals surface area contributed by atoms with Gasteiger partial charge in [-0.1, -0.05) is 24.3 Å². The van der Waals surface area contributed by atoms with E-state index in [0.29, 0.717) is 23.4 Å². The predicted octanol–water partition coefficient (Wildman–Crippen LogP) is 3.58. The minimum atomic E-state index is -3.41. The summed E-state index contributed by atoms with van der Waals surface area (Å²) in [7, 11) is -3.41. The monoisotopic (exact) mass is 439 g/mol. The number of pyridine rings is 1. The summed E-state index contributed by atoms with van der Waals surface area (Å²) < 4.78 is 31.5. The van der Waals surface area contributed by atoms with Crippen LogP contribution in [-0.4, -0.2) is 25.6 Å². The van der Waals surface area contributed by atoms with E-state index in [4.69, 9.17) is 4.74 Å². The average Bonchev–Trinajstić information content (AvgIpc) is 2.72. The van der Waals surface area contributed by atoms with Crippen LogP contribution in [0.3, 0.4) is 0 Å². The minimum absolute atomic E-state index is 0.189. The first-order valence-electron chi connectivity index (χ1n) is 9.70. The van der Waals surface area contributed by atoms with E-state index in [1.807, 2.05) is 26.0 Å². The number of hydrogen-bond acceptors (Lipinski definition) is 5. The Hall–Kier alpha value is -3.39. The number of nitrogens with one attached hydrogen (secondary N) is 2. The number of nitrogens with zero attached hydrogens (tertiary/aromatic N) is 1. The van der Waals surface area contributed by atoms with Gasteiger partial charge in [-0.05, 0) is 54.8 Å². The second-order valence-electron chi connectivity index (χ2n) is 7.30. The third-order valence-electron chi connectivity index (χ3n) is 4.58. The topological polar surface area (TPSA) is 97.4 Å². The van der Waals surface area contributed by atoms with E-state index in [1.54, 1.807) is 48.8 Å². The highest BCUT2D eigenvalue weighted by atomic mass is 32.2. The molecule has 0 fully saturated rings. The van der Waals surface area contributed by atoms with Crippen LogP contribution in [0.5, 0.6) is 5.75 Å².